The number of pyridine rings is 1. The summed E-state index contributed by atoms with van der Waals surface area (Å²) in [6.07, 6.45) is 7.53. The second-order valence-corrected chi connectivity index (χ2v) is 9.63. The molecule has 4 heterocycles. The Labute approximate surface area is 191 Å². The van der Waals surface area contributed by atoms with Crippen molar-refractivity contribution < 1.29 is 0 Å². The molecule has 1 N–H and O–H groups in total. The van der Waals surface area contributed by atoms with E-state index in [4.69, 9.17) is 4.98 Å². The maximum atomic E-state index is 4.75. The molecule has 1 saturated heterocycles. The molecule has 32 heavy (non-hydrogen) atoms. The van der Waals surface area contributed by atoms with E-state index in [0.717, 1.165) is 33.9 Å². The van der Waals surface area contributed by atoms with Crippen molar-refractivity contribution in [2.75, 3.05) is 25.5 Å². The standard InChI is InChI=1S/C22H27N7.C3H8/c1-14(2)24-18-5-6-19(25-15(18)3)17-7-8-29-20(17)11-23-21(27-29)26-16-9-22(10-16)12-28(4)13-22;1-3-2/h5-8,11,16H,9-10,12-13H2,1-4H3,(H,26,27);3H2,1-2H3. The van der Waals surface area contributed by atoms with E-state index in [-0.39, 0.29) is 0 Å². The molecule has 0 amide bonds. The van der Waals surface area contributed by atoms with Crippen molar-refractivity contribution in [3.63, 3.8) is 0 Å². The Kier molecular flexibility index (Phi) is 6.29. The van der Waals surface area contributed by atoms with Crippen molar-refractivity contribution >= 4 is 22.9 Å². The highest BCUT2D eigenvalue weighted by molar-refractivity contribution is 5.83. The maximum Gasteiger partial charge on any atom is 0.241 e. The van der Waals surface area contributed by atoms with Crippen LogP contribution < -0.4 is 5.32 Å². The van der Waals surface area contributed by atoms with Gasteiger partial charge >= 0.3 is 0 Å². The summed E-state index contributed by atoms with van der Waals surface area (Å²) in [5.41, 5.74) is 6.30. The van der Waals surface area contributed by atoms with Crippen molar-refractivity contribution in [3.05, 3.63) is 36.3 Å². The summed E-state index contributed by atoms with van der Waals surface area (Å²) in [5, 5.41) is 8.16. The van der Waals surface area contributed by atoms with Gasteiger partial charge in [0.15, 0.2) is 0 Å². The second kappa shape index (κ2) is 8.98. The number of hydrogen-bond acceptors (Lipinski definition) is 6. The van der Waals surface area contributed by atoms with Crippen molar-refractivity contribution in [1.82, 2.24) is 24.5 Å². The monoisotopic (exact) mass is 433 g/mol. The number of likely N-dealkylation sites (tertiary alicyclic amines) is 1. The summed E-state index contributed by atoms with van der Waals surface area (Å²) in [4.78, 5) is 16.2. The first kappa shape index (κ1) is 22.4. The van der Waals surface area contributed by atoms with Gasteiger partial charge in [-0.3, -0.25) is 9.98 Å². The first-order valence-electron chi connectivity index (χ1n) is 11.6. The highest BCUT2D eigenvalue weighted by atomic mass is 15.3. The first-order chi connectivity index (χ1) is 15.3. The average Bonchev–Trinajstić information content (AvgIpc) is 3.10. The molecule has 1 saturated carbocycles. The molecule has 1 aliphatic carbocycles. The molecule has 3 aromatic rings. The minimum atomic E-state index is 0.482. The Morgan fingerprint density at radius 1 is 1.19 bits per heavy atom. The van der Waals surface area contributed by atoms with E-state index in [0.29, 0.717) is 17.4 Å². The zero-order chi connectivity index (χ0) is 22.9. The molecular weight excluding hydrogens is 398 g/mol. The Bertz CT molecular complexity index is 1110. The van der Waals surface area contributed by atoms with E-state index in [1.807, 2.05) is 55.9 Å². The average molecular weight is 434 g/mol. The number of rotatable bonds is 4. The normalized spacial score (nSPS) is 17.3. The molecule has 7 nitrogen and oxygen atoms in total. The Morgan fingerprint density at radius 2 is 1.91 bits per heavy atom. The molecule has 1 spiro atoms. The van der Waals surface area contributed by atoms with Crippen LogP contribution in [0.2, 0.25) is 0 Å². The molecule has 0 aromatic carbocycles. The van der Waals surface area contributed by atoms with Crippen molar-refractivity contribution in [2.24, 2.45) is 10.4 Å². The molecule has 170 valence electrons. The number of aliphatic imine (C=N–C) groups is 1. The van der Waals surface area contributed by atoms with Gasteiger partial charge in [0, 0.05) is 36.6 Å². The summed E-state index contributed by atoms with van der Waals surface area (Å²) in [7, 11) is 2.19. The van der Waals surface area contributed by atoms with Crippen LogP contribution in [0.1, 0.15) is 52.7 Å². The minimum absolute atomic E-state index is 0.482. The van der Waals surface area contributed by atoms with Gasteiger partial charge in [-0.05, 0) is 64.3 Å². The lowest BCUT2D eigenvalue weighted by Crippen LogP contribution is -2.63. The van der Waals surface area contributed by atoms with Gasteiger partial charge in [0.25, 0.3) is 0 Å². The maximum absolute atomic E-state index is 4.75. The number of aryl methyl sites for hydroxylation is 1. The van der Waals surface area contributed by atoms with E-state index in [1.54, 1.807) is 0 Å². The number of fused-ring (bicyclic) bond motifs is 1. The number of nitrogens with one attached hydrogen (secondary N) is 1. The molecule has 0 atom stereocenters. The Balaban J connectivity index is 0.000000775. The summed E-state index contributed by atoms with van der Waals surface area (Å²) < 4.78 is 1.88. The minimum Gasteiger partial charge on any atom is -0.350 e. The third-order valence-electron chi connectivity index (χ3n) is 6.00. The van der Waals surface area contributed by atoms with Crippen molar-refractivity contribution in [1.29, 1.82) is 0 Å². The molecule has 0 bridgehead atoms. The number of hydrogen-bond donors (Lipinski definition) is 1. The molecule has 0 radical (unpaired) electrons. The lowest BCUT2D eigenvalue weighted by atomic mass is 9.61. The molecule has 3 aromatic heterocycles. The van der Waals surface area contributed by atoms with Gasteiger partial charge in [-0.15, -0.1) is 5.10 Å². The van der Waals surface area contributed by atoms with E-state index >= 15 is 0 Å². The zero-order valence-corrected chi connectivity index (χ0v) is 20.2. The molecule has 1 aliphatic heterocycles. The molecule has 7 heteroatoms. The first-order valence-corrected chi connectivity index (χ1v) is 11.6. The molecule has 2 aliphatic rings. The van der Waals surface area contributed by atoms with Gasteiger partial charge in [-0.1, -0.05) is 20.3 Å². The third kappa shape index (κ3) is 4.53. The van der Waals surface area contributed by atoms with E-state index in [2.05, 4.69) is 46.2 Å². The summed E-state index contributed by atoms with van der Waals surface area (Å²) in [6, 6.07) is 6.57. The number of nitrogens with zero attached hydrogens (tertiary/aromatic N) is 6. The van der Waals surface area contributed by atoms with Gasteiger partial charge in [0.05, 0.1) is 28.8 Å². The van der Waals surface area contributed by atoms with Gasteiger partial charge < -0.3 is 10.2 Å². The van der Waals surface area contributed by atoms with Crippen molar-refractivity contribution in [2.45, 2.75) is 59.9 Å². The molecule has 5 rings (SSSR count). The third-order valence-corrected chi connectivity index (χ3v) is 6.00. The smallest absolute Gasteiger partial charge is 0.241 e. The largest absolute Gasteiger partial charge is 0.350 e. The van der Waals surface area contributed by atoms with Gasteiger partial charge in [0.2, 0.25) is 5.95 Å². The zero-order valence-electron chi connectivity index (χ0n) is 20.2. The predicted octanol–water partition coefficient (Wildman–Crippen LogP) is 5.13. The number of aromatic nitrogens is 4. The predicted molar refractivity (Wildman–Crippen MR) is 132 cm³/mol. The van der Waals surface area contributed by atoms with Crippen LogP contribution in [0.4, 0.5) is 11.6 Å². The van der Waals surface area contributed by atoms with Crippen LogP contribution in [-0.2, 0) is 0 Å². The molecule has 0 unspecified atom stereocenters. The topological polar surface area (TPSA) is 70.7 Å². The highest BCUT2D eigenvalue weighted by Crippen LogP contribution is 2.48. The van der Waals surface area contributed by atoms with Crippen LogP contribution >= 0.6 is 0 Å². The fourth-order valence-corrected chi connectivity index (χ4v) is 4.87. The van der Waals surface area contributed by atoms with E-state index < -0.39 is 0 Å². The SMILES string of the molecule is CC(C)=Nc1ccc(-c2ccn3nc(NC4CC5(C4)CN(C)C5)ncc23)nc1C.CCC. The quantitative estimate of drug-likeness (QED) is 0.577. The summed E-state index contributed by atoms with van der Waals surface area (Å²) in [5.74, 6) is 0.694. The fraction of sp³-hybridized carbons (Fsp3) is 0.520. The second-order valence-electron chi connectivity index (χ2n) is 9.63. The Morgan fingerprint density at radius 3 is 2.53 bits per heavy atom. The molecule has 2 fully saturated rings. The Hall–Kier alpha value is -2.80. The van der Waals surface area contributed by atoms with E-state index in [9.17, 15) is 0 Å². The van der Waals surface area contributed by atoms with Gasteiger partial charge in [-0.25, -0.2) is 9.50 Å². The fourth-order valence-electron chi connectivity index (χ4n) is 4.87. The van der Waals surface area contributed by atoms with Crippen molar-refractivity contribution in [3.8, 4) is 11.3 Å². The van der Waals surface area contributed by atoms with Gasteiger partial charge in [-0.2, -0.15) is 0 Å². The van der Waals surface area contributed by atoms with Crippen LogP contribution in [0.3, 0.4) is 0 Å². The lowest BCUT2D eigenvalue weighted by Gasteiger charge is -2.58. The van der Waals surface area contributed by atoms with Crippen LogP contribution in [0.5, 0.6) is 0 Å². The lowest BCUT2D eigenvalue weighted by molar-refractivity contribution is -0.0514. The van der Waals surface area contributed by atoms with Crippen LogP contribution in [0.25, 0.3) is 16.8 Å². The summed E-state index contributed by atoms with van der Waals surface area (Å²) in [6.45, 7) is 12.7. The van der Waals surface area contributed by atoms with E-state index in [1.165, 1.54) is 32.4 Å². The van der Waals surface area contributed by atoms with Crippen LogP contribution in [0.15, 0.2) is 35.6 Å². The van der Waals surface area contributed by atoms with Crippen LogP contribution in [0, 0.1) is 12.3 Å². The van der Waals surface area contributed by atoms with Crippen LogP contribution in [-0.4, -0.2) is 56.4 Å². The highest BCUT2D eigenvalue weighted by Gasteiger charge is 2.51. The summed E-state index contributed by atoms with van der Waals surface area (Å²) >= 11 is 0. The number of anilines is 1. The molecular formula is C25H35N7. The van der Waals surface area contributed by atoms with Gasteiger partial charge in [0.1, 0.15) is 0 Å².